The molecule has 172 valence electrons. The Morgan fingerprint density at radius 3 is 2.45 bits per heavy atom. The van der Waals surface area contributed by atoms with E-state index in [1.807, 2.05) is 43.3 Å². The Balaban J connectivity index is 0. The summed E-state index contributed by atoms with van der Waals surface area (Å²) >= 11 is 6.04. The SMILES string of the molecule is C#CC.CC/C=C(\C=C/CC[C@H](N[C@@H](C)C=O)C(=O)O)c1cccc(Cl)c1.CCOC. The lowest BCUT2D eigenvalue weighted by molar-refractivity contribution is -0.139. The first-order valence-corrected chi connectivity index (χ1v) is 10.6. The Labute approximate surface area is 192 Å². The van der Waals surface area contributed by atoms with Gasteiger partial charge in [0.05, 0.1) is 6.04 Å². The minimum absolute atomic E-state index is 0.416. The monoisotopic (exact) mass is 449 g/mol. The number of ether oxygens (including phenoxy) is 1. The number of carbonyl (C=O) groups is 2. The van der Waals surface area contributed by atoms with E-state index in [1.165, 1.54) is 0 Å². The summed E-state index contributed by atoms with van der Waals surface area (Å²) in [7, 11) is 1.68. The van der Waals surface area contributed by atoms with E-state index in [-0.39, 0.29) is 0 Å². The van der Waals surface area contributed by atoms with Gasteiger partial charge in [0.15, 0.2) is 0 Å². The summed E-state index contributed by atoms with van der Waals surface area (Å²) < 4.78 is 4.54. The maximum absolute atomic E-state index is 11.2. The Morgan fingerprint density at radius 2 is 2.00 bits per heavy atom. The van der Waals surface area contributed by atoms with Crippen molar-refractivity contribution in [1.29, 1.82) is 0 Å². The second-order valence-electron chi connectivity index (χ2n) is 6.41. The molecule has 2 N–H and O–H groups in total. The second-order valence-corrected chi connectivity index (χ2v) is 6.84. The van der Waals surface area contributed by atoms with Crippen LogP contribution in [-0.4, -0.2) is 43.2 Å². The van der Waals surface area contributed by atoms with Gasteiger partial charge in [0.1, 0.15) is 12.3 Å². The molecule has 0 radical (unpaired) electrons. The van der Waals surface area contributed by atoms with Crippen LogP contribution in [0.25, 0.3) is 5.57 Å². The van der Waals surface area contributed by atoms with Crippen LogP contribution in [0.15, 0.2) is 42.5 Å². The molecule has 31 heavy (non-hydrogen) atoms. The van der Waals surface area contributed by atoms with Gasteiger partial charge in [0.25, 0.3) is 0 Å². The first-order valence-electron chi connectivity index (χ1n) is 10.2. The molecule has 1 aromatic rings. The van der Waals surface area contributed by atoms with Crippen LogP contribution < -0.4 is 5.32 Å². The number of methoxy groups -OCH3 is 1. The molecule has 0 aromatic heterocycles. The van der Waals surface area contributed by atoms with Crippen LogP contribution in [0.2, 0.25) is 5.02 Å². The molecule has 0 spiro atoms. The third-order valence-corrected chi connectivity index (χ3v) is 3.99. The number of carbonyl (C=O) groups excluding carboxylic acids is 1. The van der Waals surface area contributed by atoms with Gasteiger partial charge in [-0.05, 0) is 63.3 Å². The molecule has 0 unspecified atom stereocenters. The fourth-order valence-electron chi connectivity index (χ4n) is 2.28. The summed E-state index contributed by atoms with van der Waals surface area (Å²) in [5.74, 6) is 1.30. The summed E-state index contributed by atoms with van der Waals surface area (Å²) in [6, 6.07) is 6.42. The highest BCUT2D eigenvalue weighted by Gasteiger charge is 2.18. The average Bonchev–Trinajstić information content (AvgIpc) is 2.75. The molecule has 0 heterocycles. The molecule has 0 fully saturated rings. The number of aliphatic carboxylic acids is 1. The van der Waals surface area contributed by atoms with Crippen molar-refractivity contribution in [3.63, 3.8) is 0 Å². The maximum atomic E-state index is 11.2. The van der Waals surface area contributed by atoms with Gasteiger partial charge in [-0.15, -0.1) is 12.3 Å². The zero-order valence-electron chi connectivity index (χ0n) is 19.2. The van der Waals surface area contributed by atoms with Crippen molar-refractivity contribution in [2.75, 3.05) is 13.7 Å². The van der Waals surface area contributed by atoms with Gasteiger partial charge in [-0.3, -0.25) is 10.1 Å². The lowest BCUT2D eigenvalue weighted by Gasteiger charge is -2.15. The Bertz CT molecular complexity index is 720. The molecule has 1 aromatic carbocycles. The van der Waals surface area contributed by atoms with Gasteiger partial charge < -0.3 is 14.6 Å². The van der Waals surface area contributed by atoms with E-state index in [0.717, 1.165) is 24.2 Å². The highest BCUT2D eigenvalue weighted by molar-refractivity contribution is 6.30. The average molecular weight is 450 g/mol. The number of hydrogen-bond acceptors (Lipinski definition) is 4. The van der Waals surface area contributed by atoms with Crippen molar-refractivity contribution < 1.29 is 19.4 Å². The molecule has 0 amide bonds. The largest absolute Gasteiger partial charge is 0.480 e. The molecule has 0 aliphatic rings. The zero-order valence-corrected chi connectivity index (χ0v) is 20.0. The quantitative estimate of drug-likeness (QED) is 0.269. The van der Waals surface area contributed by atoms with Crippen LogP contribution in [0.3, 0.4) is 0 Å². The third kappa shape index (κ3) is 17.0. The van der Waals surface area contributed by atoms with Crippen molar-refractivity contribution in [2.45, 2.75) is 59.0 Å². The molecule has 0 saturated heterocycles. The predicted octanol–water partition coefficient (Wildman–Crippen LogP) is 5.39. The zero-order chi connectivity index (χ0) is 24.1. The number of carboxylic acids is 1. The molecule has 0 bridgehead atoms. The fourth-order valence-corrected chi connectivity index (χ4v) is 2.47. The first kappa shape index (κ1) is 30.8. The van der Waals surface area contributed by atoms with Crippen LogP contribution in [0, 0.1) is 12.3 Å². The topological polar surface area (TPSA) is 75.6 Å². The van der Waals surface area contributed by atoms with Crippen molar-refractivity contribution in [3.8, 4) is 12.3 Å². The number of terminal acetylenes is 1. The summed E-state index contributed by atoms with van der Waals surface area (Å²) in [6.07, 6.45) is 13.2. The number of aldehydes is 1. The van der Waals surface area contributed by atoms with Crippen molar-refractivity contribution in [3.05, 3.63) is 53.1 Å². The van der Waals surface area contributed by atoms with Gasteiger partial charge in [0, 0.05) is 18.7 Å². The van der Waals surface area contributed by atoms with Gasteiger partial charge in [-0.1, -0.05) is 48.9 Å². The Kier molecular flexibility index (Phi) is 20.7. The van der Waals surface area contributed by atoms with E-state index in [1.54, 1.807) is 21.0 Å². The lowest BCUT2D eigenvalue weighted by Crippen LogP contribution is -2.42. The summed E-state index contributed by atoms with van der Waals surface area (Å²) in [5, 5.41) is 12.7. The predicted molar refractivity (Wildman–Crippen MR) is 130 cm³/mol. The molecule has 1 rings (SSSR count). The van der Waals surface area contributed by atoms with Gasteiger partial charge in [-0.25, -0.2) is 0 Å². The van der Waals surface area contributed by atoms with E-state index >= 15 is 0 Å². The third-order valence-electron chi connectivity index (χ3n) is 3.76. The summed E-state index contributed by atoms with van der Waals surface area (Å²) in [4.78, 5) is 21.9. The van der Waals surface area contributed by atoms with Gasteiger partial charge >= 0.3 is 5.97 Å². The highest BCUT2D eigenvalue weighted by atomic mass is 35.5. The van der Waals surface area contributed by atoms with E-state index in [4.69, 9.17) is 11.6 Å². The smallest absolute Gasteiger partial charge is 0.320 e. The van der Waals surface area contributed by atoms with E-state index in [0.29, 0.717) is 24.2 Å². The number of rotatable bonds is 11. The number of nitrogens with one attached hydrogen (secondary N) is 1. The van der Waals surface area contributed by atoms with Crippen LogP contribution in [0.1, 0.15) is 52.5 Å². The van der Waals surface area contributed by atoms with Crippen LogP contribution in [0.4, 0.5) is 0 Å². The van der Waals surface area contributed by atoms with Gasteiger partial charge in [-0.2, -0.15) is 0 Å². The van der Waals surface area contributed by atoms with Crippen molar-refractivity contribution in [1.82, 2.24) is 5.32 Å². The molecule has 0 saturated carbocycles. The maximum Gasteiger partial charge on any atom is 0.320 e. The number of benzene rings is 1. The number of hydrogen-bond donors (Lipinski definition) is 2. The Morgan fingerprint density at radius 1 is 1.39 bits per heavy atom. The number of halogens is 1. The van der Waals surface area contributed by atoms with Crippen molar-refractivity contribution in [2.24, 2.45) is 0 Å². The van der Waals surface area contributed by atoms with Crippen molar-refractivity contribution >= 4 is 29.4 Å². The normalized spacial score (nSPS) is 12.5. The molecule has 0 aliphatic heterocycles. The minimum Gasteiger partial charge on any atom is -0.480 e. The molecular weight excluding hydrogens is 414 g/mol. The fraction of sp³-hybridized carbons (Fsp3) is 0.440. The first-order chi connectivity index (χ1) is 14.8. The highest BCUT2D eigenvalue weighted by Crippen LogP contribution is 2.21. The molecule has 2 atom stereocenters. The molecule has 0 aliphatic carbocycles. The van der Waals surface area contributed by atoms with E-state index in [9.17, 15) is 14.7 Å². The number of allylic oxidation sites excluding steroid dienone is 4. The van der Waals surface area contributed by atoms with Crippen LogP contribution in [-0.2, 0) is 14.3 Å². The second kappa shape index (κ2) is 20.9. The minimum atomic E-state index is -0.948. The standard InChI is InChI=1S/C19H24ClNO3.C3H8O.C3H4/c1-3-7-15(16-9-6-10-17(20)12-16)8-4-5-11-18(19(23)24)21-14(2)13-22;1-3-4-2;1-3-2/h4,6-10,12-14,18,21H,3,5,11H2,1-2H3,(H,23,24);3H2,1-2H3;1H,2H3/b8-4-,15-7+;;/t14-,18-;;/m0../s1. The Hall–Kier alpha value is -2.39. The molecule has 5 nitrogen and oxygen atoms in total. The van der Waals surface area contributed by atoms with Crippen LogP contribution >= 0.6 is 11.6 Å². The van der Waals surface area contributed by atoms with E-state index in [2.05, 4.69) is 35.4 Å². The summed E-state index contributed by atoms with van der Waals surface area (Å²) in [6.45, 7) is 8.13. The summed E-state index contributed by atoms with van der Waals surface area (Å²) in [5.41, 5.74) is 2.09. The number of carboxylic acid groups (broad SMARTS) is 1. The van der Waals surface area contributed by atoms with Gasteiger partial charge in [0.2, 0.25) is 0 Å². The lowest BCUT2D eigenvalue weighted by atomic mass is 10.0. The van der Waals surface area contributed by atoms with E-state index < -0.39 is 18.1 Å². The van der Waals surface area contributed by atoms with Crippen LogP contribution in [0.5, 0.6) is 0 Å². The molecular formula is C25H36ClNO4. The molecule has 6 heteroatoms.